The molecule has 72 valence electrons. The lowest BCUT2D eigenvalue weighted by atomic mass is 10.3. The normalized spacial score (nSPS) is 10.5. The Morgan fingerprint density at radius 1 is 1.62 bits per heavy atom. The molecule has 0 saturated carbocycles. The molecule has 1 rings (SSSR count). The third kappa shape index (κ3) is 2.84. The van der Waals surface area contributed by atoms with Gasteiger partial charge in [0.05, 0.1) is 12.4 Å². The quantitative estimate of drug-likeness (QED) is 0.584. The van der Waals surface area contributed by atoms with Gasteiger partial charge in [-0.1, -0.05) is 6.07 Å². The number of rotatable bonds is 3. The van der Waals surface area contributed by atoms with E-state index in [0.717, 1.165) is 6.54 Å². The van der Waals surface area contributed by atoms with Crippen LogP contribution in [-0.4, -0.2) is 16.8 Å². The monoisotopic (exact) mass is 196 g/mol. The SMILES string of the molecule is CC(=N)N(Cc1cccs1)C(C)C. The van der Waals surface area contributed by atoms with Gasteiger partial charge in [-0.2, -0.15) is 0 Å². The molecule has 0 bridgehead atoms. The van der Waals surface area contributed by atoms with E-state index in [1.165, 1.54) is 4.88 Å². The molecule has 1 heterocycles. The van der Waals surface area contributed by atoms with Crippen molar-refractivity contribution < 1.29 is 0 Å². The minimum Gasteiger partial charge on any atom is -0.353 e. The van der Waals surface area contributed by atoms with Crippen LogP contribution < -0.4 is 0 Å². The molecular formula is C10H16N2S. The highest BCUT2D eigenvalue weighted by Gasteiger charge is 2.10. The molecule has 0 unspecified atom stereocenters. The molecular weight excluding hydrogens is 180 g/mol. The lowest BCUT2D eigenvalue weighted by molar-refractivity contribution is 0.341. The van der Waals surface area contributed by atoms with Crippen LogP contribution in [0.2, 0.25) is 0 Å². The summed E-state index contributed by atoms with van der Waals surface area (Å²) in [4.78, 5) is 3.41. The highest BCUT2D eigenvalue weighted by atomic mass is 32.1. The zero-order valence-electron chi connectivity index (χ0n) is 8.37. The number of amidine groups is 1. The van der Waals surface area contributed by atoms with Crippen molar-refractivity contribution >= 4 is 17.2 Å². The van der Waals surface area contributed by atoms with E-state index in [1.54, 1.807) is 11.3 Å². The average molecular weight is 196 g/mol. The molecule has 1 N–H and O–H groups in total. The molecule has 0 aromatic carbocycles. The van der Waals surface area contributed by atoms with Gasteiger partial charge in [-0.15, -0.1) is 11.3 Å². The summed E-state index contributed by atoms with van der Waals surface area (Å²) in [5.41, 5.74) is 0. The number of nitrogens with one attached hydrogen (secondary N) is 1. The Bertz CT molecular complexity index is 264. The number of hydrogen-bond donors (Lipinski definition) is 1. The van der Waals surface area contributed by atoms with Crippen LogP contribution in [0, 0.1) is 5.41 Å². The summed E-state index contributed by atoms with van der Waals surface area (Å²) in [6, 6.07) is 4.57. The van der Waals surface area contributed by atoms with E-state index in [4.69, 9.17) is 5.41 Å². The Morgan fingerprint density at radius 2 is 2.31 bits per heavy atom. The third-order valence-electron chi connectivity index (χ3n) is 1.96. The minimum absolute atomic E-state index is 0.402. The maximum Gasteiger partial charge on any atom is 0.0931 e. The number of nitrogens with zero attached hydrogens (tertiary/aromatic N) is 1. The smallest absolute Gasteiger partial charge is 0.0931 e. The van der Waals surface area contributed by atoms with Crippen LogP contribution in [0.5, 0.6) is 0 Å². The molecule has 0 amide bonds. The molecule has 0 saturated heterocycles. The largest absolute Gasteiger partial charge is 0.353 e. The van der Waals surface area contributed by atoms with Crippen molar-refractivity contribution in [1.29, 1.82) is 5.41 Å². The van der Waals surface area contributed by atoms with Gasteiger partial charge in [-0.25, -0.2) is 0 Å². The van der Waals surface area contributed by atoms with Crippen LogP contribution in [0.3, 0.4) is 0 Å². The predicted octanol–water partition coefficient (Wildman–Crippen LogP) is 2.96. The van der Waals surface area contributed by atoms with Gasteiger partial charge in [0.25, 0.3) is 0 Å². The highest BCUT2D eigenvalue weighted by Crippen LogP contribution is 2.13. The Morgan fingerprint density at radius 3 is 2.69 bits per heavy atom. The second-order valence-electron chi connectivity index (χ2n) is 3.39. The van der Waals surface area contributed by atoms with Gasteiger partial charge < -0.3 is 4.90 Å². The molecule has 1 aromatic rings. The van der Waals surface area contributed by atoms with Crippen LogP contribution in [-0.2, 0) is 6.54 Å². The van der Waals surface area contributed by atoms with E-state index in [1.807, 2.05) is 6.92 Å². The topological polar surface area (TPSA) is 27.1 Å². The van der Waals surface area contributed by atoms with Crippen molar-refractivity contribution in [2.45, 2.75) is 33.4 Å². The summed E-state index contributed by atoms with van der Waals surface area (Å²) >= 11 is 1.75. The van der Waals surface area contributed by atoms with Crippen LogP contribution in [0.15, 0.2) is 17.5 Å². The van der Waals surface area contributed by atoms with Crippen LogP contribution in [0.4, 0.5) is 0 Å². The summed E-state index contributed by atoms with van der Waals surface area (Å²) < 4.78 is 0. The van der Waals surface area contributed by atoms with Gasteiger partial charge in [0, 0.05) is 10.9 Å². The fourth-order valence-electron chi connectivity index (χ4n) is 1.26. The first kappa shape index (κ1) is 10.3. The zero-order chi connectivity index (χ0) is 9.84. The molecule has 0 spiro atoms. The van der Waals surface area contributed by atoms with E-state index in [-0.39, 0.29) is 0 Å². The van der Waals surface area contributed by atoms with E-state index in [2.05, 4.69) is 36.3 Å². The summed E-state index contributed by atoms with van der Waals surface area (Å²) in [5.74, 6) is 0.642. The lowest BCUT2D eigenvalue weighted by Gasteiger charge is -2.26. The van der Waals surface area contributed by atoms with E-state index in [9.17, 15) is 0 Å². The number of hydrogen-bond acceptors (Lipinski definition) is 2. The van der Waals surface area contributed by atoms with Crippen molar-refractivity contribution in [3.8, 4) is 0 Å². The molecule has 2 nitrogen and oxygen atoms in total. The highest BCUT2D eigenvalue weighted by molar-refractivity contribution is 7.09. The zero-order valence-corrected chi connectivity index (χ0v) is 9.19. The molecule has 0 atom stereocenters. The minimum atomic E-state index is 0.402. The van der Waals surface area contributed by atoms with Gasteiger partial charge in [0.2, 0.25) is 0 Å². The standard InChI is InChI=1S/C10H16N2S/c1-8(2)12(9(3)11)7-10-5-4-6-13-10/h4-6,8,11H,7H2,1-3H3. The lowest BCUT2D eigenvalue weighted by Crippen LogP contribution is -2.33. The molecule has 0 fully saturated rings. The van der Waals surface area contributed by atoms with Gasteiger partial charge in [0.15, 0.2) is 0 Å². The Labute approximate surface area is 83.7 Å². The predicted molar refractivity (Wildman–Crippen MR) is 58.4 cm³/mol. The Kier molecular flexibility index (Phi) is 3.48. The molecule has 0 aliphatic rings. The van der Waals surface area contributed by atoms with E-state index < -0.39 is 0 Å². The first-order chi connectivity index (χ1) is 6.11. The number of thiophene rings is 1. The summed E-state index contributed by atoms with van der Waals surface area (Å²) in [5, 5.41) is 9.69. The molecule has 13 heavy (non-hydrogen) atoms. The van der Waals surface area contributed by atoms with Crippen LogP contribution in [0.1, 0.15) is 25.6 Å². The Balaban J connectivity index is 2.63. The van der Waals surface area contributed by atoms with Crippen LogP contribution in [0.25, 0.3) is 0 Å². The average Bonchev–Trinajstić information content (AvgIpc) is 2.50. The second kappa shape index (κ2) is 4.42. The van der Waals surface area contributed by atoms with Crippen molar-refractivity contribution in [3.05, 3.63) is 22.4 Å². The van der Waals surface area contributed by atoms with Crippen molar-refractivity contribution in [3.63, 3.8) is 0 Å². The van der Waals surface area contributed by atoms with Crippen molar-refractivity contribution in [1.82, 2.24) is 4.90 Å². The van der Waals surface area contributed by atoms with Crippen molar-refractivity contribution in [2.24, 2.45) is 0 Å². The molecule has 0 radical (unpaired) electrons. The maximum absolute atomic E-state index is 7.61. The van der Waals surface area contributed by atoms with Gasteiger partial charge in [-0.05, 0) is 32.2 Å². The van der Waals surface area contributed by atoms with Crippen molar-refractivity contribution in [2.75, 3.05) is 0 Å². The first-order valence-corrected chi connectivity index (χ1v) is 5.33. The maximum atomic E-state index is 7.61. The third-order valence-corrected chi connectivity index (χ3v) is 2.82. The summed E-state index contributed by atoms with van der Waals surface area (Å²) in [7, 11) is 0. The fourth-order valence-corrected chi connectivity index (χ4v) is 1.96. The van der Waals surface area contributed by atoms with Gasteiger partial charge >= 0.3 is 0 Å². The molecule has 0 aliphatic carbocycles. The van der Waals surface area contributed by atoms with Gasteiger partial charge in [0.1, 0.15) is 0 Å². The first-order valence-electron chi connectivity index (χ1n) is 4.45. The summed E-state index contributed by atoms with van der Waals surface area (Å²) in [6.07, 6.45) is 0. The molecule has 1 aromatic heterocycles. The second-order valence-corrected chi connectivity index (χ2v) is 4.42. The van der Waals surface area contributed by atoms with E-state index >= 15 is 0 Å². The summed E-state index contributed by atoms with van der Waals surface area (Å²) in [6.45, 7) is 6.94. The molecule has 3 heteroatoms. The van der Waals surface area contributed by atoms with E-state index in [0.29, 0.717) is 11.9 Å². The fraction of sp³-hybridized carbons (Fsp3) is 0.500. The molecule has 0 aliphatic heterocycles. The van der Waals surface area contributed by atoms with Crippen LogP contribution >= 0.6 is 11.3 Å². The Hall–Kier alpha value is -0.830. The van der Waals surface area contributed by atoms with Gasteiger partial charge in [-0.3, -0.25) is 5.41 Å².